The smallest absolute Gasteiger partial charge is 0.174 e. The maximum absolute atomic E-state index is 11.6. The summed E-state index contributed by atoms with van der Waals surface area (Å²) in [7, 11) is 0. The summed E-state index contributed by atoms with van der Waals surface area (Å²) < 4.78 is 0. The highest BCUT2D eigenvalue weighted by Crippen LogP contribution is 2.24. The molecule has 0 saturated carbocycles. The van der Waals surface area contributed by atoms with E-state index in [1.807, 2.05) is 12.1 Å². The van der Waals surface area contributed by atoms with Crippen LogP contribution in [0, 0.1) is 0 Å². The van der Waals surface area contributed by atoms with Crippen molar-refractivity contribution in [2.24, 2.45) is 0 Å². The Hall–Kier alpha value is -0.890. The lowest BCUT2D eigenvalue weighted by Gasteiger charge is -2.11. The molecule has 1 nitrogen and oxygen atoms in total. The summed E-state index contributed by atoms with van der Waals surface area (Å²) in [6.07, 6.45) is 3.87. The van der Waals surface area contributed by atoms with Crippen LogP contribution >= 0.6 is 15.9 Å². The number of hydrogen-bond acceptors (Lipinski definition) is 1. The third-order valence-electron chi connectivity index (χ3n) is 3.02. The van der Waals surface area contributed by atoms with Gasteiger partial charge in [0.15, 0.2) is 5.78 Å². The van der Waals surface area contributed by atoms with Gasteiger partial charge in [-0.3, -0.25) is 4.79 Å². The molecule has 0 amide bonds. The van der Waals surface area contributed by atoms with Gasteiger partial charge in [-0.25, -0.2) is 0 Å². The second-order valence-corrected chi connectivity index (χ2v) is 4.73. The number of carbonyl (C=O) groups excluding carboxylic acids is 1. The minimum Gasteiger partial charge on any atom is -0.293 e. The van der Waals surface area contributed by atoms with Crippen LogP contribution in [-0.4, -0.2) is 10.6 Å². The van der Waals surface area contributed by atoms with Crippen molar-refractivity contribution in [1.82, 2.24) is 0 Å². The van der Waals surface area contributed by atoms with E-state index in [0.717, 1.165) is 18.1 Å². The number of benzene rings is 1. The zero-order chi connectivity index (χ0) is 9.71. The van der Waals surface area contributed by atoms with Crippen molar-refractivity contribution in [2.45, 2.75) is 17.7 Å². The first-order chi connectivity index (χ1) is 6.77. The van der Waals surface area contributed by atoms with Crippen LogP contribution in [0.25, 0.3) is 11.6 Å². The molecule has 1 aromatic carbocycles. The number of hydrogen-bond donors (Lipinski definition) is 0. The molecule has 2 heteroatoms. The van der Waals surface area contributed by atoms with Gasteiger partial charge >= 0.3 is 0 Å². The SMILES string of the molecule is O=C1C=c2cccc3c2=C(CC3)[C@@H]1Br. The molecule has 0 bridgehead atoms. The molecule has 0 N–H and O–H groups in total. The third-order valence-corrected chi connectivity index (χ3v) is 4.03. The summed E-state index contributed by atoms with van der Waals surface area (Å²) in [6.45, 7) is 0. The Balaban J connectivity index is 2.51. The highest BCUT2D eigenvalue weighted by atomic mass is 79.9. The number of alkyl halides is 1. The van der Waals surface area contributed by atoms with Gasteiger partial charge in [0, 0.05) is 0 Å². The molecule has 1 atom stereocenters. The lowest BCUT2D eigenvalue weighted by atomic mass is 10.0. The number of aryl methyl sites for hydroxylation is 1. The van der Waals surface area contributed by atoms with Crippen LogP contribution in [-0.2, 0) is 11.2 Å². The van der Waals surface area contributed by atoms with Gasteiger partial charge in [-0.05, 0) is 40.5 Å². The number of carbonyl (C=O) groups is 1. The van der Waals surface area contributed by atoms with Crippen molar-refractivity contribution in [1.29, 1.82) is 0 Å². The van der Waals surface area contributed by atoms with E-state index in [1.54, 1.807) is 6.08 Å². The molecule has 2 aliphatic rings. The summed E-state index contributed by atoms with van der Waals surface area (Å²) in [5.41, 5.74) is 2.67. The van der Waals surface area contributed by atoms with E-state index in [-0.39, 0.29) is 10.6 Å². The van der Waals surface area contributed by atoms with E-state index in [4.69, 9.17) is 0 Å². The number of Topliss-reactive ketones (excluding diaryl/α,β-unsaturated/α-hetero) is 1. The van der Waals surface area contributed by atoms with Crippen molar-refractivity contribution in [2.75, 3.05) is 0 Å². The largest absolute Gasteiger partial charge is 0.293 e. The molecule has 0 saturated heterocycles. The standard InChI is InChI=1S/C12H9BrO/c13-12-9-5-4-7-2-1-3-8(11(7)9)6-10(12)14/h1-3,6,12H,4-5H2/t12-/m0/s1. The van der Waals surface area contributed by atoms with Gasteiger partial charge in [0.25, 0.3) is 0 Å². The van der Waals surface area contributed by atoms with Crippen molar-refractivity contribution in [3.8, 4) is 0 Å². The molecule has 2 aliphatic carbocycles. The number of ketones is 1. The maximum Gasteiger partial charge on any atom is 0.174 e. The van der Waals surface area contributed by atoms with Gasteiger partial charge in [-0.1, -0.05) is 34.1 Å². The molecule has 0 unspecified atom stereocenters. The summed E-state index contributed by atoms with van der Waals surface area (Å²) in [5, 5.41) is 2.43. The summed E-state index contributed by atoms with van der Waals surface area (Å²) >= 11 is 3.47. The van der Waals surface area contributed by atoms with Crippen LogP contribution in [0.3, 0.4) is 0 Å². The Labute approximate surface area is 90.3 Å². The van der Waals surface area contributed by atoms with Gasteiger partial charge in [-0.2, -0.15) is 0 Å². The van der Waals surface area contributed by atoms with Crippen LogP contribution in [0.5, 0.6) is 0 Å². The van der Waals surface area contributed by atoms with Crippen LogP contribution in [0.2, 0.25) is 0 Å². The van der Waals surface area contributed by atoms with E-state index >= 15 is 0 Å². The van der Waals surface area contributed by atoms with Crippen molar-refractivity contribution in [3.05, 3.63) is 34.2 Å². The van der Waals surface area contributed by atoms with Crippen LogP contribution in [0.15, 0.2) is 18.2 Å². The Morgan fingerprint density at radius 2 is 2.14 bits per heavy atom. The minimum absolute atomic E-state index is 0.0707. The fourth-order valence-electron chi connectivity index (χ4n) is 2.39. The normalized spacial score (nSPS) is 23.4. The fraction of sp³-hybridized carbons (Fsp3) is 0.250. The Morgan fingerprint density at radius 1 is 1.29 bits per heavy atom. The summed E-state index contributed by atoms with van der Waals surface area (Å²) in [5.74, 6) is 0.187. The molecule has 0 spiro atoms. The maximum atomic E-state index is 11.6. The average Bonchev–Trinajstić information content (AvgIpc) is 2.60. The Bertz CT molecular complexity index is 542. The quantitative estimate of drug-likeness (QED) is 0.624. The number of halogens is 1. The van der Waals surface area contributed by atoms with E-state index < -0.39 is 0 Å². The molecule has 0 aliphatic heterocycles. The van der Waals surface area contributed by atoms with Gasteiger partial charge in [0.1, 0.15) is 0 Å². The summed E-state index contributed by atoms with van der Waals surface area (Å²) in [4.78, 5) is 11.6. The average molecular weight is 249 g/mol. The second-order valence-electron chi connectivity index (χ2n) is 3.82. The van der Waals surface area contributed by atoms with Gasteiger partial charge in [-0.15, -0.1) is 0 Å². The summed E-state index contributed by atoms with van der Waals surface area (Å²) in [6, 6.07) is 6.23. The van der Waals surface area contributed by atoms with Crippen LogP contribution < -0.4 is 10.4 Å². The van der Waals surface area contributed by atoms with E-state index in [0.29, 0.717) is 0 Å². The van der Waals surface area contributed by atoms with Crippen molar-refractivity contribution in [3.63, 3.8) is 0 Å². The van der Waals surface area contributed by atoms with Gasteiger partial charge in [0.05, 0.1) is 4.83 Å². The molecule has 1 aromatic rings. The zero-order valence-corrected chi connectivity index (χ0v) is 9.17. The Kier molecular flexibility index (Phi) is 1.68. The highest BCUT2D eigenvalue weighted by molar-refractivity contribution is 9.10. The fourth-order valence-corrected chi connectivity index (χ4v) is 2.98. The molecular formula is C12H9BrO. The third kappa shape index (κ3) is 0.976. The predicted molar refractivity (Wildman–Crippen MR) is 59.6 cm³/mol. The van der Waals surface area contributed by atoms with E-state index in [1.165, 1.54) is 16.4 Å². The minimum atomic E-state index is -0.0707. The monoisotopic (exact) mass is 248 g/mol. The molecule has 0 aromatic heterocycles. The molecule has 70 valence electrons. The molecule has 3 rings (SSSR count). The first-order valence-electron chi connectivity index (χ1n) is 4.78. The first kappa shape index (κ1) is 8.42. The van der Waals surface area contributed by atoms with Crippen molar-refractivity contribution < 1.29 is 4.79 Å². The zero-order valence-electron chi connectivity index (χ0n) is 7.59. The molecule has 14 heavy (non-hydrogen) atoms. The van der Waals surface area contributed by atoms with Gasteiger partial charge < -0.3 is 0 Å². The van der Waals surface area contributed by atoms with Crippen LogP contribution in [0.1, 0.15) is 12.0 Å². The highest BCUT2D eigenvalue weighted by Gasteiger charge is 2.26. The second kappa shape index (κ2) is 2.80. The van der Waals surface area contributed by atoms with E-state index in [2.05, 4.69) is 22.0 Å². The van der Waals surface area contributed by atoms with Gasteiger partial charge in [0.2, 0.25) is 0 Å². The molecule has 0 radical (unpaired) electrons. The van der Waals surface area contributed by atoms with E-state index in [9.17, 15) is 4.79 Å². The van der Waals surface area contributed by atoms with Crippen molar-refractivity contribution >= 4 is 33.4 Å². The van der Waals surface area contributed by atoms with Crippen LogP contribution in [0.4, 0.5) is 0 Å². The molecule has 0 fully saturated rings. The molecule has 0 heterocycles. The first-order valence-corrected chi connectivity index (χ1v) is 5.69. The number of rotatable bonds is 0. The lowest BCUT2D eigenvalue weighted by Crippen LogP contribution is -2.36. The topological polar surface area (TPSA) is 17.1 Å². The lowest BCUT2D eigenvalue weighted by molar-refractivity contribution is -0.112. The molecular weight excluding hydrogens is 240 g/mol. The predicted octanol–water partition coefficient (Wildman–Crippen LogP) is 0.910. The Morgan fingerprint density at radius 3 is 3.00 bits per heavy atom.